The van der Waals surface area contributed by atoms with Crippen LogP contribution in [0, 0.1) is 11.7 Å². The van der Waals surface area contributed by atoms with E-state index in [1.165, 1.54) is 35.9 Å². The van der Waals surface area contributed by atoms with E-state index in [0.717, 1.165) is 22.9 Å². The van der Waals surface area contributed by atoms with E-state index in [4.69, 9.17) is 4.74 Å². The number of aromatic amines is 1. The Labute approximate surface area is 211 Å². The van der Waals surface area contributed by atoms with Gasteiger partial charge in [0.25, 0.3) is 5.56 Å². The van der Waals surface area contributed by atoms with Crippen molar-refractivity contribution in [3.63, 3.8) is 0 Å². The Morgan fingerprint density at radius 2 is 1.92 bits per heavy atom. The minimum absolute atomic E-state index is 0.0264. The molecule has 1 saturated carbocycles. The minimum Gasteiger partial charge on any atom is -0.425 e. The van der Waals surface area contributed by atoms with Gasteiger partial charge in [0, 0.05) is 31.3 Å². The van der Waals surface area contributed by atoms with Gasteiger partial charge in [0.15, 0.2) is 11.2 Å². The smallest absolute Gasteiger partial charge is 0.425 e. The molecule has 1 aromatic carbocycles. The van der Waals surface area contributed by atoms with Crippen LogP contribution < -0.4 is 20.7 Å². The van der Waals surface area contributed by atoms with E-state index in [9.17, 15) is 32.3 Å². The van der Waals surface area contributed by atoms with E-state index < -0.39 is 40.7 Å². The highest BCUT2D eigenvalue weighted by atomic mass is 19.4. The second kappa shape index (κ2) is 9.28. The van der Waals surface area contributed by atoms with E-state index >= 15 is 0 Å². The molecule has 0 spiro atoms. The lowest BCUT2D eigenvalue weighted by molar-refractivity contribution is -0.274. The lowest BCUT2D eigenvalue weighted by Gasteiger charge is -2.24. The maximum Gasteiger partial charge on any atom is 0.573 e. The normalized spacial score (nSPS) is 15.4. The van der Waals surface area contributed by atoms with Crippen molar-refractivity contribution in [1.82, 2.24) is 24.1 Å². The number of aryl methyl sites for hydroxylation is 1. The summed E-state index contributed by atoms with van der Waals surface area (Å²) in [5.41, 5.74) is -2.16. The predicted octanol–water partition coefficient (Wildman–Crippen LogP) is 3.03. The Hall–Kier alpha value is -4.20. The van der Waals surface area contributed by atoms with Gasteiger partial charge in [0.05, 0.1) is 11.8 Å². The zero-order valence-corrected chi connectivity index (χ0v) is 19.8. The number of fused-ring (bicyclic) bond motifs is 1. The first-order chi connectivity index (χ1) is 17.9. The van der Waals surface area contributed by atoms with Crippen LogP contribution in [0.4, 0.5) is 17.6 Å². The van der Waals surface area contributed by atoms with Crippen LogP contribution >= 0.6 is 0 Å². The predicted molar refractivity (Wildman–Crippen MR) is 124 cm³/mol. The summed E-state index contributed by atoms with van der Waals surface area (Å²) < 4.78 is 63.6. The van der Waals surface area contributed by atoms with E-state index in [1.807, 2.05) is 0 Å². The van der Waals surface area contributed by atoms with Crippen molar-refractivity contribution in [2.75, 3.05) is 0 Å². The van der Waals surface area contributed by atoms with Crippen molar-refractivity contribution < 1.29 is 32.1 Å². The number of imidazole rings is 1. The molecule has 38 heavy (non-hydrogen) atoms. The summed E-state index contributed by atoms with van der Waals surface area (Å²) >= 11 is 0. The molecular weight excluding hydrogens is 514 g/mol. The molecule has 200 valence electrons. The first kappa shape index (κ1) is 25.4. The third kappa shape index (κ3) is 5.25. The van der Waals surface area contributed by atoms with Crippen LogP contribution in [0.2, 0.25) is 0 Å². The minimum atomic E-state index is -4.92. The lowest BCUT2D eigenvalue weighted by atomic mass is 9.94. The Balaban J connectivity index is 1.57. The van der Waals surface area contributed by atoms with Gasteiger partial charge in [-0.2, -0.15) is 4.98 Å². The van der Waals surface area contributed by atoms with E-state index in [0.29, 0.717) is 18.5 Å². The Morgan fingerprint density at radius 3 is 2.58 bits per heavy atom. The molecule has 4 aromatic rings. The van der Waals surface area contributed by atoms with Gasteiger partial charge in [-0.25, -0.2) is 9.18 Å². The second-order valence-electron chi connectivity index (χ2n) is 9.09. The number of aromatic nitrogens is 5. The highest BCUT2D eigenvalue weighted by Gasteiger charge is 2.48. The van der Waals surface area contributed by atoms with Gasteiger partial charge in [-0.05, 0) is 43.5 Å². The maximum atomic E-state index is 13.4. The lowest BCUT2D eigenvalue weighted by Crippen LogP contribution is -2.32. The van der Waals surface area contributed by atoms with Gasteiger partial charge >= 0.3 is 18.1 Å². The van der Waals surface area contributed by atoms with E-state index in [-0.39, 0.29) is 35.9 Å². The average Bonchev–Trinajstić information content (AvgIpc) is 3.49. The van der Waals surface area contributed by atoms with Crippen molar-refractivity contribution in [3.8, 4) is 17.5 Å². The molecule has 0 bridgehead atoms. The molecule has 1 fully saturated rings. The number of H-pyrrole nitrogens is 1. The van der Waals surface area contributed by atoms with Gasteiger partial charge in [0.2, 0.25) is 0 Å². The van der Waals surface area contributed by atoms with Crippen LogP contribution in [0.5, 0.6) is 17.5 Å². The fraction of sp³-hybridized carbons (Fsp3) is 0.333. The van der Waals surface area contributed by atoms with Crippen LogP contribution in [0.1, 0.15) is 18.5 Å². The van der Waals surface area contributed by atoms with E-state index in [1.54, 1.807) is 0 Å². The second-order valence-corrected chi connectivity index (χ2v) is 9.09. The van der Waals surface area contributed by atoms with Crippen LogP contribution in [0.25, 0.3) is 11.2 Å². The molecule has 3 heterocycles. The van der Waals surface area contributed by atoms with Gasteiger partial charge in [-0.15, -0.1) is 13.2 Å². The molecule has 0 saturated heterocycles. The largest absolute Gasteiger partial charge is 0.573 e. The van der Waals surface area contributed by atoms with Crippen molar-refractivity contribution in [2.45, 2.75) is 37.8 Å². The van der Waals surface area contributed by atoms with Gasteiger partial charge in [-0.1, -0.05) is 6.07 Å². The number of nitrogens with zero attached hydrogens (tertiary/aromatic N) is 4. The molecule has 0 radical (unpaired) electrons. The zero-order valence-electron chi connectivity index (χ0n) is 19.8. The summed E-state index contributed by atoms with van der Waals surface area (Å²) in [4.78, 5) is 35.6. The molecule has 1 unspecified atom stereocenters. The van der Waals surface area contributed by atoms with Crippen LogP contribution in [-0.4, -0.2) is 41.2 Å². The number of hydrogen-bond acceptors (Lipinski definition) is 7. The van der Waals surface area contributed by atoms with Crippen molar-refractivity contribution in [3.05, 3.63) is 74.9 Å². The third-order valence-electron chi connectivity index (χ3n) is 6.39. The number of nitrogens with one attached hydrogen (secondary N) is 1. The molecule has 1 aliphatic carbocycles. The van der Waals surface area contributed by atoms with Crippen LogP contribution in [-0.2, 0) is 20.0 Å². The molecule has 3 aromatic heterocycles. The SMILES string of the molecule is Cn1c(=O)[nH]c(=O)c2c1nc(Oc1cccc(OC(F)(F)F)c1)n2CC(Cc1ccc(F)cn1)C1(O)CC1. The van der Waals surface area contributed by atoms with Crippen molar-refractivity contribution in [1.29, 1.82) is 0 Å². The van der Waals surface area contributed by atoms with Crippen molar-refractivity contribution >= 4 is 11.2 Å². The number of benzene rings is 1. The molecule has 10 nitrogen and oxygen atoms in total. The van der Waals surface area contributed by atoms with Crippen LogP contribution in [0.15, 0.2) is 52.2 Å². The summed E-state index contributed by atoms with van der Waals surface area (Å²) in [5.74, 6) is -1.66. The number of aliphatic hydroxyl groups is 1. The number of hydrogen-bond donors (Lipinski definition) is 2. The molecule has 1 atom stereocenters. The summed E-state index contributed by atoms with van der Waals surface area (Å²) in [5, 5.41) is 11.0. The third-order valence-corrected chi connectivity index (χ3v) is 6.39. The average molecular weight is 535 g/mol. The Kier molecular flexibility index (Phi) is 6.21. The highest BCUT2D eigenvalue weighted by Crippen LogP contribution is 2.45. The zero-order chi connectivity index (χ0) is 27.2. The molecule has 5 rings (SSSR count). The Bertz CT molecular complexity index is 1610. The number of pyridine rings is 1. The molecular formula is C24H21F4N5O5. The first-order valence-corrected chi connectivity index (χ1v) is 11.5. The van der Waals surface area contributed by atoms with Gasteiger partial charge < -0.3 is 14.6 Å². The molecule has 1 aliphatic rings. The quantitative estimate of drug-likeness (QED) is 0.333. The monoisotopic (exact) mass is 535 g/mol. The topological polar surface area (TPSA) is 124 Å². The summed E-state index contributed by atoms with van der Waals surface area (Å²) in [7, 11) is 1.38. The number of ether oxygens (including phenoxy) is 2. The molecule has 2 N–H and O–H groups in total. The summed E-state index contributed by atoms with van der Waals surface area (Å²) in [6.07, 6.45) is -2.69. The summed E-state index contributed by atoms with van der Waals surface area (Å²) in [6, 6.07) is 7.26. The molecule has 0 aliphatic heterocycles. The number of halogens is 4. The van der Waals surface area contributed by atoms with Crippen LogP contribution in [0.3, 0.4) is 0 Å². The van der Waals surface area contributed by atoms with Crippen molar-refractivity contribution in [2.24, 2.45) is 13.0 Å². The van der Waals surface area contributed by atoms with Gasteiger partial charge in [0.1, 0.15) is 17.3 Å². The fourth-order valence-electron chi connectivity index (χ4n) is 4.26. The Morgan fingerprint density at radius 1 is 1.18 bits per heavy atom. The maximum absolute atomic E-state index is 13.4. The summed E-state index contributed by atoms with van der Waals surface area (Å²) in [6.45, 7) is -0.0264. The van der Waals surface area contributed by atoms with Gasteiger partial charge in [-0.3, -0.25) is 23.9 Å². The molecule has 0 amide bonds. The number of rotatable bonds is 8. The standard InChI is InChI=1S/C24H21F4N5O5/c1-32-19-18(20(34)31-21(32)35)33(12-13(23(36)7-8-23)9-15-6-5-14(25)11-29-15)22(30-19)37-16-3-2-4-17(10-16)38-24(26,27)28/h2-6,10-11,13,36H,7-9,12H2,1H3,(H,31,34,35). The fourth-order valence-corrected chi connectivity index (χ4v) is 4.26. The number of alkyl halides is 3. The molecule has 14 heteroatoms. The first-order valence-electron chi connectivity index (χ1n) is 11.5. The highest BCUT2D eigenvalue weighted by molar-refractivity contribution is 5.72. The van der Waals surface area contributed by atoms with E-state index in [2.05, 4.69) is 19.7 Å².